The summed E-state index contributed by atoms with van der Waals surface area (Å²) in [5, 5.41) is 11.8. The molecule has 3 N–H and O–H groups in total. The van der Waals surface area contributed by atoms with Crippen LogP contribution in [0.5, 0.6) is 0 Å². The number of anilines is 1. The molecule has 0 spiro atoms. The van der Waals surface area contributed by atoms with Crippen LogP contribution in [0.1, 0.15) is 35.3 Å². The molecule has 0 aliphatic rings. The molecule has 8 heteroatoms. The minimum atomic E-state index is -3.75. The fourth-order valence-electron chi connectivity index (χ4n) is 3.63. The van der Waals surface area contributed by atoms with Gasteiger partial charge in [-0.15, -0.1) is 0 Å². The molecule has 1 amide bonds. The molecule has 178 valence electrons. The highest BCUT2D eigenvalue weighted by Gasteiger charge is 2.24. The normalized spacial score (nSPS) is 12.3. The predicted molar refractivity (Wildman–Crippen MR) is 132 cm³/mol. The topological polar surface area (TPSA) is 113 Å². The molecule has 0 aliphatic heterocycles. The van der Waals surface area contributed by atoms with E-state index in [4.69, 9.17) is 0 Å². The van der Waals surface area contributed by atoms with Gasteiger partial charge in [0.1, 0.15) is 6.04 Å². The van der Waals surface area contributed by atoms with Gasteiger partial charge in [-0.25, -0.2) is 13.2 Å². The number of carboxylic acid groups (broad SMARTS) is 1. The first-order chi connectivity index (χ1) is 16.0. The fraction of sp³-hybridized carbons (Fsp3) is 0.231. The number of nitrogens with one attached hydrogen (secondary N) is 2. The summed E-state index contributed by atoms with van der Waals surface area (Å²) in [6, 6.07) is 17.8. The molecule has 0 aliphatic carbocycles. The number of aryl methyl sites for hydroxylation is 2. The number of benzene rings is 3. The number of amides is 1. The second-order valence-corrected chi connectivity index (χ2v) is 10.2. The van der Waals surface area contributed by atoms with Crippen molar-refractivity contribution in [3.8, 4) is 11.1 Å². The summed E-state index contributed by atoms with van der Waals surface area (Å²) in [7, 11) is -3.75. The smallest absolute Gasteiger partial charge is 0.326 e. The Balaban J connectivity index is 1.79. The van der Waals surface area contributed by atoms with Gasteiger partial charge >= 0.3 is 5.97 Å². The lowest BCUT2D eigenvalue weighted by atomic mass is 10.0. The summed E-state index contributed by atoms with van der Waals surface area (Å²) >= 11 is 0. The van der Waals surface area contributed by atoms with E-state index in [1.807, 2.05) is 19.1 Å². The van der Waals surface area contributed by atoms with E-state index in [0.29, 0.717) is 16.8 Å². The van der Waals surface area contributed by atoms with Crippen molar-refractivity contribution in [2.75, 3.05) is 4.72 Å². The first-order valence-electron chi connectivity index (χ1n) is 10.8. The molecule has 0 fully saturated rings. The molecule has 1 atom stereocenters. The van der Waals surface area contributed by atoms with E-state index in [9.17, 15) is 23.1 Å². The zero-order chi connectivity index (χ0) is 25.0. The molecule has 0 bridgehead atoms. The Labute approximate surface area is 199 Å². The van der Waals surface area contributed by atoms with Gasteiger partial charge in [0, 0.05) is 11.3 Å². The van der Waals surface area contributed by atoms with Crippen LogP contribution in [0.2, 0.25) is 0 Å². The predicted octanol–water partition coefficient (Wildman–Crippen LogP) is 4.61. The molecule has 0 saturated carbocycles. The molecule has 0 radical (unpaired) electrons. The number of carbonyl (C=O) groups is 2. The van der Waals surface area contributed by atoms with Crippen LogP contribution in [0.25, 0.3) is 11.1 Å². The van der Waals surface area contributed by atoms with Crippen LogP contribution in [-0.2, 0) is 14.8 Å². The van der Waals surface area contributed by atoms with Crippen molar-refractivity contribution in [2.24, 2.45) is 5.92 Å². The highest BCUT2D eigenvalue weighted by molar-refractivity contribution is 7.92. The monoisotopic (exact) mass is 480 g/mol. The maximum absolute atomic E-state index is 12.9. The van der Waals surface area contributed by atoms with Gasteiger partial charge in [-0.1, -0.05) is 55.8 Å². The van der Waals surface area contributed by atoms with Crippen LogP contribution in [0.4, 0.5) is 5.69 Å². The second kappa shape index (κ2) is 10.1. The molecule has 34 heavy (non-hydrogen) atoms. The van der Waals surface area contributed by atoms with Gasteiger partial charge in [-0.2, -0.15) is 0 Å². The Morgan fingerprint density at radius 2 is 1.56 bits per heavy atom. The number of aliphatic carboxylic acids is 1. The van der Waals surface area contributed by atoms with Gasteiger partial charge in [0.25, 0.3) is 15.9 Å². The van der Waals surface area contributed by atoms with Gasteiger partial charge in [0.15, 0.2) is 0 Å². The maximum atomic E-state index is 12.9. The van der Waals surface area contributed by atoms with Crippen molar-refractivity contribution in [1.82, 2.24) is 5.32 Å². The highest BCUT2D eigenvalue weighted by Crippen LogP contribution is 2.26. The molecule has 0 heterocycles. The van der Waals surface area contributed by atoms with E-state index in [1.54, 1.807) is 75.4 Å². The number of rotatable bonds is 8. The van der Waals surface area contributed by atoms with Crippen molar-refractivity contribution in [3.63, 3.8) is 0 Å². The van der Waals surface area contributed by atoms with Crippen LogP contribution in [0, 0.1) is 19.8 Å². The van der Waals surface area contributed by atoms with Crippen molar-refractivity contribution < 1.29 is 23.1 Å². The Bertz CT molecular complexity index is 1320. The van der Waals surface area contributed by atoms with Crippen LogP contribution >= 0.6 is 0 Å². The number of hydrogen-bond donors (Lipinski definition) is 3. The van der Waals surface area contributed by atoms with Crippen molar-refractivity contribution >= 4 is 27.6 Å². The summed E-state index contributed by atoms with van der Waals surface area (Å²) < 4.78 is 28.4. The Morgan fingerprint density at radius 3 is 2.15 bits per heavy atom. The van der Waals surface area contributed by atoms with Gasteiger partial charge < -0.3 is 10.4 Å². The summed E-state index contributed by atoms with van der Waals surface area (Å²) in [6.07, 6.45) is 0. The quantitative estimate of drug-likeness (QED) is 0.436. The first kappa shape index (κ1) is 25.0. The third kappa shape index (κ3) is 5.82. The Hall–Kier alpha value is -3.65. The molecular weight excluding hydrogens is 452 g/mol. The molecule has 7 nitrogen and oxygen atoms in total. The Kier molecular flexibility index (Phi) is 7.41. The van der Waals surface area contributed by atoms with E-state index in [2.05, 4.69) is 10.0 Å². The average molecular weight is 481 g/mol. The lowest BCUT2D eigenvalue weighted by molar-refractivity contribution is -0.140. The molecule has 3 aromatic rings. The fourth-order valence-corrected chi connectivity index (χ4v) is 4.90. The van der Waals surface area contributed by atoms with Gasteiger partial charge in [-0.05, 0) is 66.8 Å². The van der Waals surface area contributed by atoms with Gasteiger partial charge in [0.05, 0.1) is 4.90 Å². The van der Waals surface area contributed by atoms with E-state index < -0.39 is 27.9 Å². The summed E-state index contributed by atoms with van der Waals surface area (Å²) in [4.78, 5) is 24.0. The number of carboxylic acids is 1. The third-order valence-corrected chi connectivity index (χ3v) is 6.98. The molecule has 3 aromatic carbocycles. The molecular formula is C26H28N2O5S. The zero-order valence-corrected chi connectivity index (χ0v) is 20.3. The van der Waals surface area contributed by atoms with Crippen LogP contribution in [0.3, 0.4) is 0 Å². The van der Waals surface area contributed by atoms with E-state index >= 15 is 0 Å². The SMILES string of the molecule is Cc1ccc(S(=O)(=O)Nc2cccc(-c3ccc(C(=O)NC(C(=O)O)C(C)C)cc3)c2)c(C)c1. The van der Waals surface area contributed by atoms with Crippen molar-refractivity contribution in [1.29, 1.82) is 0 Å². The molecule has 1 unspecified atom stereocenters. The van der Waals surface area contributed by atoms with Crippen LogP contribution in [0.15, 0.2) is 71.6 Å². The van der Waals surface area contributed by atoms with Crippen molar-refractivity contribution in [2.45, 2.75) is 38.6 Å². The molecule has 3 rings (SSSR count). The van der Waals surface area contributed by atoms with E-state index in [-0.39, 0.29) is 10.8 Å². The van der Waals surface area contributed by atoms with Gasteiger partial charge in [-0.3, -0.25) is 9.52 Å². The second-order valence-electron chi connectivity index (χ2n) is 8.57. The molecule has 0 aromatic heterocycles. The van der Waals surface area contributed by atoms with Gasteiger partial charge in [0.2, 0.25) is 0 Å². The lowest BCUT2D eigenvalue weighted by Gasteiger charge is -2.18. The average Bonchev–Trinajstić information content (AvgIpc) is 2.76. The largest absolute Gasteiger partial charge is 0.480 e. The summed E-state index contributed by atoms with van der Waals surface area (Å²) in [6.45, 7) is 7.12. The first-order valence-corrected chi connectivity index (χ1v) is 12.3. The van der Waals surface area contributed by atoms with Crippen LogP contribution in [-0.4, -0.2) is 31.4 Å². The zero-order valence-electron chi connectivity index (χ0n) is 19.5. The highest BCUT2D eigenvalue weighted by atomic mass is 32.2. The van der Waals surface area contributed by atoms with E-state index in [1.165, 1.54) is 0 Å². The standard InChI is InChI=1S/C26H28N2O5S/c1-16(2)24(26(30)31)27-25(29)20-11-9-19(10-12-20)21-6-5-7-22(15-21)28-34(32,33)23-13-8-17(3)14-18(23)4/h5-16,24,28H,1-4H3,(H,27,29)(H,30,31). The number of carbonyl (C=O) groups excluding carboxylic acids is 1. The number of sulfonamides is 1. The minimum Gasteiger partial charge on any atom is -0.480 e. The number of hydrogen-bond acceptors (Lipinski definition) is 4. The summed E-state index contributed by atoms with van der Waals surface area (Å²) in [5.74, 6) is -1.81. The van der Waals surface area contributed by atoms with Crippen LogP contribution < -0.4 is 10.0 Å². The van der Waals surface area contributed by atoms with Crippen molar-refractivity contribution in [3.05, 3.63) is 83.4 Å². The minimum absolute atomic E-state index is 0.222. The lowest BCUT2D eigenvalue weighted by Crippen LogP contribution is -2.44. The molecule has 0 saturated heterocycles. The third-order valence-electron chi connectivity index (χ3n) is 5.43. The summed E-state index contributed by atoms with van der Waals surface area (Å²) in [5.41, 5.74) is 3.95. The van der Waals surface area contributed by atoms with E-state index in [0.717, 1.165) is 16.7 Å². The maximum Gasteiger partial charge on any atom is 0.326 e. The Morgan fingerprint density at radius 1 is 0.882 bits per heavy atom.